The van der Waals surface area contributed by atoms with E-state index in [2.05, 4.69) is 41.1 Å². The number of aromatic nitrogens is 1. The predicted molar refractivity (Wildman–Crippen MR) is 81.1 cm³/mol. The SMILES string of the molecule is Cc1[nH]c2ccccc2c1CCN1CCC(O)C1.Cl. The van der Waals surface area contributed by atoms with Gasteiger partial charge in [0.15, 0.2) is 0 Å². The lowest BCUT2D eigenvalue weighted by Crippen LogP contribution is -2.24. The zero-order valence-electron chi connectivity index (χ0n) is 11.2. The van der Waals surface area contributed by atoms with Crippen molar-refractivity contribution in [1.29, 1.82) is 0 Å². The summed E-state index contributed by atoms with van der Waals surface area (Å²) in [5, 5.41) is 10.9. The summed E-state index contributed by atoms with van der Waals surface area (Å²) in [6.45, 7) is 5.05. The first-order valence-corrected chi connectivity index (χ1v) is 6.70. The van der Waals surface area contributed by atoms with E-state index in [0.717, 1.165) is 32.5 Å². The van der Waals surface area contributed by atoms with E-state index in [-0.39, 0.29) is 18.5 Å². The molecule has 1 aliphatic heterocycles. The Bertz CT molecular complexity index is 552. The van der Waals surface area contributed by atoms with Gasteiger partial charge in [-0.25, -0.2) is 0 Å². The van der Waals surface area contributed by atoms with Crippen LogP contribution < -0.4 is 0 Å². The van der Waals surface area contributed by atoms with Gasteiger partial charge in [-0.15, -0.1) is 12.4 Å². The molecule has 1 fully saturated rings. The minimum atomic E-state index is -0.117. The molecule has 1 atom stereocenters. The maximum absolute atomic E-state index is 9.54. The topological polar surface area (TPSA) is 39.3 Å². The van der Waals surface area contributed by atoms with Gasteiger partial charge in [-0.2, -0.15) is 0 Å². The summed E-state index contributed by atoms with van der Waals surface area (Å²) in [4.78, 5) is 5.80. The smallest absolute Gasteiger partial charge is 0.0679 e. The third-order valence-corrected chi connectivity index (χ3v) is 3.95. The number of β-amino-alcohol motifs (C(OH)–C–C–N with tert-alkyl or cyclic N) is 1. The van der Waals surface area contributed by atoms with E-state index >= 15 is 0 Å². The van der Waals surface area contributed by atoms with Crippen molar-refractivity contribution in [3.05, 3.63) is 35.5 Å². The Hall–Kier alpha value is -1.03. The second-order valence-electron chi connectivity index (χ2n) is 5.27. The number of aromatic amines is 1. The molecule has 0 saturated carbocycles. The molecule has 0 radical (unpaired) electrons. The Balaban J connectivity index is 0.00000133. The van der Waals surface area contributed by atoms with Gasteiger partial charge in [-0.1, -0.05) is 18.2 Å². The zero-order valence-corrected chi connectivity index (χ0v) is 12.0. The fourth-order valence-corrected chi connectivity index (χ4v) is 2.94. The first kappa shape index (κ1) is 14.4. The number of fused-ring (bicyclic) bond motifs is 1. The van der Waals surface area contributed by atoms with E-state index in [1.165, 1.54) is 22.2 Å². The molecule has 1 aromatic heterocycles. The van der Waals surface area contributed by atoms with Crippen molar-refractivity contribution in [3.8, 4) is 0 Å². The van der Waals surface area contributed by atoms with E-state index in [1.54, 1.807) is 0 Å². The summed E-state index contributed by atoms with van der Waals surface area (Å²) >= 11 is 0. The Labute approximate surface area is 120 Å². The maximum Gasteiger partial charge on any atom is 0.0679 e. The fraction of sp³-hybridized carbons (Fsp3) is 0.467. The molecule has 0 aliphatic carbocycles. The van der Waals surface area contributed by atoms with Crippen LogP contribution in [-0.4, -0.2) is 40.7 Å². The maximum atomic E-state index is 9.54. The van der Waals surface area contributed by atoms with E-state index in [4.69, 9.17) is 0 Å². The van der Waals surface area contributed by atoms with Crippen molar-refractivity contribution in [2.45, 2.75) is 25.9 Å². The van der Waals surface area contributed by atoms with Gasteiger partial charge in [0.1, 0.15) is 0 Å². The number of benzene rings is 1. The van der Waals surface area contributed by atoms with Crippen LogP contribution in [0, 0.1) is 6.92 Å². The van der Waals surface area contributed by atoms with Gasteiger partial charge >= 0.3 is 0 Å². The highest BCUT2D eigenvalue weighted by molar-refractivity contribution is 5.85. The quantitative estimate of drug-likeness (QED) is 0.907. The van der Waals surface area contributed by atoms with Crippen LogP contribution >= 0.6 is 12.4 Å². The number of hydrogen-bond acceptors (Lipinski definition) is 2. The lowest BCUT2D eigenvalue weighted by Gasteiger charge is -2.14. The minimum absolute atomic E-state index is 0. The number of nitrogens with one attached hydrogen (secondary N) is 1. The van der Waals surface area contributed by atoms with Crippen molar-refractivity contribution in [3.63, 3.8) is 0 Å². The summed E-state index contributed by atoms with van der Waals surface area (Å²) in [5.41, 5.74) is 3.93. The molecule has 2 heterocycles. The number of nitrogens with zero attached hydrogens (tertiary/aromatic N) is 1. The molecule has 1 unspecified atom stereocenters. The minimum Gasteiger partial charge on any atom is -0.392 e. The average molecular weight is 281 g/mol. The standard InChI is InChI=1S/C15H20N2O.ClH/c1-11-13(7-9-17-8-6-12(18)10-17)14-4-2-3-5-15(14)16-11;/h2-5,12,16,18H,6-10H2,1H3;1H. The monoisotopic (exact) mass is 280 g/mol. The summed E-state index contributed by atoms with van der Waals surface area (Å²) < 4.78 is 0. The normalized spacial score (nSPS) is 19.8. The number of para-hydroxylation sites is 1. The highest BCUT2D eigenvalue weighted by atomic mass is 35.5. The van der Waals surface area contributed by atoms with Gasteiger partial charge in [-0.05, 0) is 31.4 Å². The third-order valence-electron chi connectivity index (χ3n) is 3.95. The molecule has 2 N–H and O–H groups in total. The van der Waals surface area contributed by atoms with Crippen LogP contribution in [-0.2, 0) is 6.42 Å². The zero-order chi connectivity index (χ0) is 12.5. The molecule has 4 heteroatoms. The van der Waals surface area contributed by atoms with Crippen LogP contribution in [0.3, 0.4) is 0 Å². The summed E-state index contributed by atoms with van der Waals surface area (Å²) in [6, 6.07) is 8.48. The summed E-state index contributed by atoms with van der Waals surface area (Å²) in [5.74, 6) is 0. The highest BCUT2D eigenvalue weighted by Crippen LogP contribution is 2.23. The molecule has 3 rings (SSSR count). The molecule has 104 valence electrons. The van der Waals surface area contributed by atoms with Crippen molar-refractivity contribution >= 4 is 23.3 Å². The number of likely N-dealkylation sites (tertiary alicyclic amines) is 1. The predicted octanol–water partition coefficient (Wildman–Crippen LogP) is 2.51. The molecule has 1 aromatic carbocycles. The molecule has 0 amide bonds. The molecular formula is C15H21ClN2O. The van der Waals surface area contributed by atoms with Crippen LogP contribution in [0.25, 0.3) is 10.9 Å². The van der Waals surface area contributed by atoms with Crippen LogP contribution in [0.15, 0.2) is 24.3 Å². The number of aliphatic hydroxyl groups is 1. The lowest BCUT2D eigenvalue weighted by molar-refractivity contribution is 0.177. The average Bonchev–Trinajstić information content (AvgIpc) is 2.90. The van der Waals surface area contributed by atoms with Crippen LogP contribution in [0.4, 0.5) is 0 Å². The van der Waals surface area contributed by atoms with Crippen molar-refractivity contribution < 1.29 is 5.11 Å². The number of aliphatic hydroxyl groups excluding tert-OH is 1. The molecule has 0 spiro atoms. The molecule has 0 bridgehead atoms. The number of H-pyrrole nitrogens is 1. The third kappa shape index (κ3) is 2.94. The molecule has 1 saturated heterocycles. The Kier molecular flexibility index (Phi) is 4.50. The van der Waals surface area contributed by atoms with E-state index in [0.29, 0.717) is 0 Å². The second kappa shape index (κ2) is 5.95. The number of hydrogen-bond donors (Lipinski definition) is 2. The molecule has 3 nitrogen and oxygen atoms in total. The van der Waals surface area contributed by atoms with Gasteiger partial charge in [0.2, 0.25) is 0 Å². The van der Waals surface area contributed by atoms with Gasteiger partial charge < -0.3 is 15.0 Å². The molecule has 19 heavy (non-hydrogen) atoms. The van der Waals surface area contributed by atoms with Crippen LogP contribution in [0.1, 0.15) is 17.7 Å². The van der Waals surface area contributed by atoms with E-state index in [9.17, 15) is 5.11 Å². The second-order valence-corrected chi connectivity index (χ2v) is 5.27. The number of halogens is 1. The fourth-order valence-electron chi connectivity index (χ4n) is 2.94. The Morgan fingerprint density at radius 1 is 1.37 bits per heavy atom. The highest BCUT2D eigenvalue weighted by Gasteiger charge is 2.20. The molecule has 1 aliphatic rings. The first-order chi connectivity index (χ1) is 8.74. The van der Waals surface area contributed by atoms with Gasteiger partial charge in [-0.3, -0.25) is 0 Å². The van der Waals surface area contributed by atoms with Crippen LogP contribution in [0.5, 0.6) is 0 Å². The summed E-state index contributed by atoms with van der Waals surface area (Å²) in [7, 11) is 0. The Morgan fingerprint density at radius 3 is 2.89 bits per heavy atom. The van der Waals surface area contributed by atoms with Crippen molar-refractivity contribution in [2.75, 3.05) is 19.6 Å². The van der Waals surface area contributed by atoms with Gasteiger partial charge in [0.25, 0.3) is 0 Å². The van der Waals surface area contributed by atoms with Crippen molar-refractivity contribution in [2.24, 2.45) is 0 Å². The summed E-state index contributed by atoms with van der Waals surface area (Å²) in [6.07, 6.45) is 1.86. The van der Waals surface area contributed by atoms with E-state index in [1.807, 2.05) is 0 Å². The Morgan fingerprint density at radius 2 is 2.16 bits per heavy atom. The van der Waals surface area contributed by atoms with Crippen molar-refractivity contribution in [1.82, 2.24) is 9.88 Å². The van der Waals surface area contributed by atoms with E-state index < -0.39 is 0 Å². The van der Waals surface area contributed by atoms with Gasteiger partial charge in [0.05, 0.1) is 6.10 Å². The first-order valence-electron chi connectivity index (χ1n) is 6.70. The number of rotatable bonds is 3. The van der Waals surface area contributed by atoms with Crippen LogP contribution in [0.2, 0.25) is 0 Å². The van der Waals surface area contributed by atoms with Gasteiger partial charge in [0, 0.05) is 36.2 Å². The number of aryl methyl sites for hydroxylation is 1. The molecular weight excluding hydrogens is 260 g/mol. The largest absolute Gasteiger partial charge is 0.392 e. The molecule has 2 aromatic rings. The lowest BCUT2D eigenvalue weighted by atomic mass is 10.1.